The lowest BCUT2D eigenvalue weighted by molar-refractivity contribution is 0.0908. The number of benzene rings is 1. The minimum absolute atomic E-state index is 0.0196. The number of aromatic nitrogens is 5. The highest BCUT2D eigenvalue weighted by atomic mass is 35.5. The van der Waals surface area contributed by atoms with Gasteiger partial charge in [0.25, 0.3) is 5.91 Å². The van der Waals surface area contributed by atoms with Crippen LogP contribution in [-0.2, 0) is 0 Å². The van der Waals surface area contributed by atoms with Crippen LogP contribution in [-0.4, -0.2) is 30.8 Å². The van der Waals surface area contributed by atoms with Crippen LogP contribution in [0.1, 0.15) is 36.3 Å². The zero-order chi connectivity index (χ0) is 21.1. The number of nitrogens with zero attached hydrogens (tertiary/aromatic N) is 5. The van der Waals surface area contributed by atoms with E-state index < -0.39 is 6.04 Å². The molecule has 152 valence electrons. The summed E-state index contributed by atoms with van der Waals surface area (Å²) in [5.74, 6) is 0.427. The van der Waals surface area contributed by atoms with Crippen LogP contribution in [0, 0.1) is 5.92 Å². The molecule has 1 atom stereocenters. The minimum atomic E-state index is -0.466. The lowest BCUT2D eigenvalue weighted by Gasteiger charge is -2.17. The second-order valence-corrected chi connectivity index (χ2v) is 7.45. The summed E-state index contributed by atoms with van der Waals surface area (Å²) in [6.07, 6.45) is 5.03. The smallest absolute Gasteiger partial charge is 0.272 e. The second kappa shape index (κ2) is 8.46. The van der Waals surface area contributed by atoms with Gasteiger partial charge >= 0.3 is 0 Å². The molecule has 1 N–H and O–H groups in total. The van der Waals surface area contributed by atoms with Crippen LogP contribution in [0.2, 0.25) is 5.02 Å². The van der Waals surface area contributed by atoms with Crippen molar-refractivity contribution >= 4 is 17.5 Å². The third-order valence-electron chi connectivity index (χ3n) is 4.48. The van der Waals surface area contributed by atoms with E-state index in [0.717, 1.165) is 11.3 Å². The van der Waals surface area contributed by atoms with E-state index in [1.165, 1.54) is 0 Å². The average molecular weight is 423 g/mol. The molecule has 3 heterocycles. The van der Waals surface area contributed by atoms with Crippen molar-refractivity contribution in [2.24, 2.45) is 5.92 Å². The number of amides is 1. The van der Waals surface area contributed by atoms with Crippen molar-refractivity contribution < 1.29 is 9.32 Å². The Bertz CT molecular complexity index is 1160. The molecular weight excluding hydrogens is 404 g/mol. The van der Waals surface area contributed by atoms with Crippen molar-refractivity contribution in [3.05, 3.63) is 77.7 Å². The van der Waals surface area contributed by atoms with Gasteiger partial charge in [-0.2, -0.15) is 10.1 Å². The maximum absolute atomic E-state index is 12.8. The molecule has 0 aliphatic carbocycles. The van der Waals surface area contributed by atoms with Gasteiger partial charge in [-0.3, -0.25) is 9.78 Å². The fraction of sp³-hybridized carbons (Fsp3) is 0.190. The maximum Gasteiger partial charge on any atom is 0.272 e. The third kappa shape index (κ3) is 4.23. The van der Waals surface area contributed by atoms with Gasteiger partial charge in [0.2, 0.25) is 11.7 Å². The van der Waals surface area contributed by atoms with E-state index in [0.29, 0.717) is 16.7 Å². The van der Waals surface area contributed by atoms with Crippen LogP contribution in [0.4, 0.5) is 0 Å². The minimum Gasteiger partial charge on any atom is -0.339 e. The Morgan fingerprint density at radius 1 is 1.20 bits per heavy atom. The molecule has 1 amide bonds. The first-order valence-electron chi connectivity index (χ1n) is 9.38. The summed E-state index contributed by atoms with van der Waals surface area (Å²) in [5, 5.41) is 11.9. The van der Waals surface area contributed by atoms with Crippen LogP contribution in [0.5, 0.6) is 0 Å². The summed E-state index contributed by atoms with van der Waals surface area (Å²) in [4.78, 5) is 21.3. The topological polar surface area (TPSA) is 98.7 Å². The predicted octanol–water partition coefficient (Wildman–Crippen LogP) is 4.10. The fourth-order valence-electron chi connectivity index (χ4n) is 2.91. The molecule has 0 saturated heterocycles. The number of hydrogen-bond donors (Lipinski definition) is 1. The summed E-state index contributed by atoms with van der Waals surface area (Å²) in [7, 11) is 0. The zero-order valence-electron chi connectivity index (χ0n) is 16.4. The van der Waals surface area contributed by atoms with Crippen LogP contribution >= 0.6 is 11.6 Å². The first-order valence-corrected chi connectivity index (χ1v) is 9.75. The van der Waals surface area contributed by atoms with E-state index >= 15 is 0 Å². The molecule has 9 heteroatoms. The SMILES string of the molecule is CC(C)C(NC(=O)c1ccn(-c2cccc(Cl)c2)n1)c1nc(-c2cccnc2)no1. The molecule has 4 rings (SSSR count). The molecule has 0 bridgehead atoms. The van der Waals surface area contributed by atoms with E-state index in [4.69, 9.17) is 16.1 Å². The average Bonchev–Trinajstić information content (AvgIpc) is 3.42. The van der Waals surface area contributed by atoms with Crippen molar-refractivity contribution in [2.75, 3.05) is 0 Å². The molecule has 0 aliphatic heterocycles. The van der Waals surface area contributed by atoms with Crippen molar-refractivity contribution in [1.82, 2.24) is 30.2 Å². The molecule has 4 aromatic rings. The highest BCUT2D eigenvalue weighted by molar-refractivity contribution is 6.30. The number of carbonyl (C=O) groups is 1. The quantitative estimate of drug-likeness (QED) is 0.502. The number of pyridine rings is 1. The largest absolute Gasteiger partial charge is 0.339 e. The highest BCUT2D eigenvalue weighted by Crippen LogP contribution is 2.23. The summed E-state index contributed by atoms with van der Waals surface area (Å²) in [5.41, 5.74) is 1.77. The van der Waals surface area contributed by atoms with Gasteiger partial charge in [0.1, 0.15) is 6.04 Å². The molecule has 0 saturated carbocycles. The first-order chi connectivity index (χ1) is 14.5. The molecule has 0 radical (unpaired) electrons. The Hall–Kier alpha value is -3.52. The normalized spacial score (nSPS) is 12.1. The van der Waals surface area contributed by atoms with Gasteiger partial charge in [0, 0.05) is 29.2 Å². The van der Waals surface area contributed by atoms with E-state index in [1.54, 1.807) is 47.5 Å². The van der Waals surface area contributed by atoms with Gasteiger partial charge in [-0.1, -0.05) is 36.7 Å². The van der Waals surface area contributed by atoms with Crippen molar-refractivity contribution in [2.45, 2.75) is 19.9 Å². The van der Waals surface area contributed by atoms with Gasteiger partial charge in [0.05, 0.1) is 5.69 Å². The van der Waals surface area contributed by atoms with Gasteiger partial charge in [0.15, 0.2) is 5.69 Å². The van der Waals surface area contributed by atoms with Crippen LogP contribution in [0.25, 0.3) is 17.1 Å². The Morgan fingerprint density at radius 3 is 2.80 bits per heavy atom. The first kappa shape index (κ1) is 19.8. The van der Waals surface area contributed by atoms with Crippen molar-refractivity contribution in [3.8, 4) is 17.1 Å². The van der Waals surface area contributed by atoms with E-state index in [1.807, 2.05) is 32.0 Å². The summed E-state index contributed by atoms with van der Waals surface area (Å²) < 4.78 is 7.02. The van der Waals surface area contributed by atoms with Crippen LogP contribution in [0.15, 0.2) is 65.6 Å². The monoisotopic (exact) mass is 422 g/mol. The fourth-order valence-corrected chi connectivity index (χ4v) is 3.09. The molecule has 1 aromatic carbocycles. The van der Waals surface area contributed by atoms with E-state index in [2.05, 4.69) is 25.5 Å². The number of carbonyl (C=O) groups excluding carboxylic acids is 1. The molecule has 1 unspecified atom stereocenters. The number of hydrogen-bond acceptors (Lipinski definition) is 6. The predicted molar refractivity (Wildman–Crippen MR) is 111 cm³/mol. The highest BCUT2D eigenvalue weighted by Gasteiger charge is 2.26. The lowest BCUT2D eigenvalue weighted by Crippen LogP contribution is -2.32. The Morgan fingerprint density at radius 2 is 2.07 bits per heavy atom. The molecular formula is C21H19ClN6O2. The molecule has 30 heavy (non-hydrogen) atoms. The van der Waals surface area contributed by atoms with Gasteiger partial charge in [-0.25, -0.2) is 4.68 Å². The molecule has 0 aliphatic rings. The van der Waals surface area contributed by atoms with E-state index in [-0.39, 0.29) is 17.5 Å². The molecule has 8 nitrogen and oxygen atoms in total. The van der Waals surface area contributed by atoms with Gasteiger partial charge in [-0.05, 0) is 42.3 Å². The molecule has 0 fully saturated rings. The third-order valence-corrected chi connectivity index (χ3v) is 4.71. The number of halogens is 1. The van der Waals surface area contributed by atoms with E-state index in [9.17, 15) is 4.79 Å². The van der Waals surface area contributed by atoms with Crippen molar-refractivity contribution in [1.29, 1.82) is 0 Å². The summed E-state index contributed by atoms with van der Waals surface area (Å²) in [6, 6.07) is 12.0. The van der Waals surface area contributed by atoms with Crippen molar-refractivity contribution in [3.63, 3.8) is 0 Å². The molecule has 3 aromatic heterocycles. The lowest BCUT2D eigenvalue weighted by atomic mass is 10.0. The Kier molecular flexibility index (Phi) is 5.58. The number of nitrogens with one attached hydrogen (secondary N) is 1. The summed E-state index contributed by atoms with van der Waals surface area (Å²) >= 11 is 6.03. The summed E-state index contributed by atoms with van der Waals surface area (Å²) in [6.45, 7) is 3.92. The molecule has 0 spiro atoms. The standard InChI is InChI=1S/C21H19ClN6O2/c1-13(2)18(21-25-19(27-30-21)14-5-4-9-23-12-14)24-20(29)17-8-10-28(26-17)16-7-3-6-15(22)11-16/h3-13,18H,1-2H3,(H,24,29). The maximum atomic E-state index is 12.8. The van der Waals surface area contributed by atoms with Crippen LogP contribution in [0.3, 0.4) is 0 Å². The number of rotatable bonds is 6. The second-order valence-electron chi connectivity index (χ2n) is 7.02. The van der Waals surface area contributed by atoms with Gasteiger partial charge in [-0.15, -0.1) is 0 Å². The Balaban J connectivity index is 1.53. The van der Waals surface area contributed by atoms with Gasteiger partial charge < -0.3 is 9.84 Å². The Labute approximate surface area is 177 Å². The van der Waals surface area contributed by atoms with Crippen LogP contribution < -0.4 is 5.32 Å². The zero-order valence-corrected chi connectivity index (χ0v) is 17.1.